The van der Waals surface area contributed by atoms with Crippen molar-refractivity contribution in [2.45, 2.75) is 31.8 Å². The summed E-state index contributed by atoms with van der Waals surface area (Å²) in [7, 11) is 1.95. The van der Waals surface area contributed by atoms with Crippen LogP contribution in [0.2, 0.25) is 0 Å². The zero-order valence-corrected chi connectivity index (χ0v) is 19.2. The topological polar surface area (TPSA) is 54.3 Å². The molecular formula is C24H29N5OS. The first-order chi connectivity index (χ1) is 15.1. The molecule has 6 nitrogen and oxygen atoms in total. The van der Waals surface area contributed by atoms with Crippen LogP contribution in [0.3, 0.4) is 0 Å². The Bertz CT molecular complexity index is 1040. The van der Waals surface area contributed by atoms with Crippen molar-refractivity contribution in [1.82, 2.24) is 14.8 Å². The maximum atomic E-state index is 12.9. The maximum Gasteiger partial charge on any atom is 0.237 e. The van der Waals surface area contributed by atoms with Gasteiger partial charge in [-0.05, 0) is 62.6 Å². The molecule has 0 atom stereocenters. The first-order valence-electron chi connectivity index (χ1n) is 10.9. The largest absolute Gasteiger partial charge is 0.372 e. The van der Waals surface area contributed by atoms with E-state index in [1.54, 1.807) is 0 Å². The molecule has 0 radical (unpaired) electrons. The second-order valence-corrected chi connectivity index (χ2v) is 8.59. The smallest absolute Gasteiger partial charge is 0.237 e. The molecule has 0 aliphatic carbocycles. The number of carbonyl (C=O) groups is 1. The van der Waals surface area contributed by atoms with Crippen molar-refractivity contribution in [3.05, 3.63) is 54.1 Å². The molecule has 3 aromatic rings. The van der Waals surface area contributed by atoms with E-state index in [0.29, 0.717) is 5.75 Å². The van der Waals surface area contributed by atoms with Gasteiger partial charge in [-0.3, -0.25) is 4.79 Å². The second-order valence-electron chi connectivity index (χ2n) is 7.65. The predicted molar refractivity (Wildman–Crippen MR) is 128 cm³/mol. The number of amides is 1. The van der Waals surface area contributed by atoms with Crippen LogP contribution in [0.1, 0.15) is 25.8 Å². The van der Waals surface area contributed by atoms with E-state index in [1.807, 2.05) is 34.7 Å². The molecule has 0 saturated heterocycles. The lowest BCUT2D eigenvalue weighted by molar-refractivity contribution is -0.116. The van der Waals surface area contributed by atoms with E-state index in [-0.39, 0.29) is 5.91 Å². The summed E-state index contributed by atoms with van der Waals surface area (Å²) in [6.45, 7) is 7.06. The van der Waals surface area contributed by atoms with Gasteiger partial charge >= 0.3 is 0 Å². The molecule has 162 valence electrons. The number of fused-ring (bicyclic) bond motifs is 1. The van der Waals surface area contributed by atoms with Gasteiger partial charge in [-0.25, -0.2) is 0 Å². The average molecular weight is 436 g/mol. The molecule has 0 fully saturated rings. The Morgan fingerprint density at radius 3 is 2.55 bits per heavy atom. The molecule has 1 aromatic heterocycles. The normalized spacial score (nSPS) is 13.2. The van der Waals surface area contributed by atoms with Crippen LogP contribution in [0, 0.1) is 0 Å². The number of benzene rings is 2. The van der Waals surface area contributed by atoms with Crippen LogP contribution in [-0.4, -0.2) is 46.1 Å². The third-order valence-electron chi connectivity index (χ3n) is 5.83. The standard InChI is InChI=1S/C24H29N5OS/c1-4-28(5-2)20-14-12-19(13-15-20)23-25-26-24(27(23)3)31-17-22(30)29-16-8-10-18-9-6-7-11-21(18)29/h6-7,9,11-15H,4-5,8,10,16-17H2,1-3H3. The second kappa shape index (κ2) is 9.56. The average Bonchev–Trinajstić information content (AvgIpc) is 3.18. The monoisotopic (exact) mass is 435 g/mol. The SMILES string of the molecule is CCN(CC)c1ccc(-c2nnc(SCC(=O)N3CCCc4ccccc43)n2C)cc1. The fourth-order valence-electron chi connectivity index (χ4n) is 4.10. The quantitative estimate of drug-likeness (QED) is 0.515. The summed E-state index contributed by atoms with van der Waals surface area (Å²) in [4.78, 5) is 17.1. The van der Waals surface area contributed by atoms with Gasteiger partial charge < -0.3 is 14.4 Å². The Morgan fingerprint density at radius 2 is 1.81 bits per heavy atom. The highest BCUT2D eigenvalue weighted by Gasteiger charge is 2.23. The number of anilines is 2. The predicted octanol–water partition coefficient (Wildman–Crippen LogP) is 4.40. The first-order valence-corrected chi connectivity index (χ1v) is 11.9. The number of hydrogen-bond acceptors (Lipinski definition) is 5. The van der Waals surface area contributed by atoms with E-state index >= 15 is 0 Å². The van der Waals surface area contributed by atoms with Crippen molar-refractivity contribution >= 4 is 29.0 Å². The lowest BCUT2D eigenvalue weighted by Gasteiger charge is -2.29. The van der Waals surface area contributed by atoms with E-state index in [2.05, 4.69) is 59.3 Å². The zero-order valence-electron chi connectivity index (χ0n) is 18.4. The highest BCUT2D eigenvalue weighted by atomic mass is 32.2. The van der Waals surface area contributed by atoms with Gasteiger partial charge in [0.25, 0.3) is 0 Å². The van der Waals surface area contributed by atoms with Crippen molar-refractivity contribution in [2.75, 3.05) is 35.2 Å². The molecule has 0 unspecified atom stereocenters. The highest BCUT2D eigenvalue weighted by molar-refractivity contribution is 7.99. The molecular weight excluding hydrogens is 406 g/mol. The van der Waals surface area contributed by atoms with Crippen LogP contribution in [0.15, 0.2) is 53.7 Å². The summed E-state index contributed by atoms with van der Waals surface area (Å²) in [5.41, 5.74) is 4.53. The van der Waals surface area contributed by atoms with E-state index in [9.17, 15) is 4.79 Å². The number of para-hydroxylation sites is 1. The van der Waals surface area contributed by atoms with Gasteiger partial charge in [0, 0.05) is 43.6 Å². The lowest BCUT2D eigenvalue weighted by Crippen LogP contribution is -2.36. The molecule has 1 aliphatic rings. The Morgan fingerprint density at radius 1 is 1.06 bits per heavy atom. The van der Waals surface area contributed by atoms with Crippen LogP contribution < -0.4 is 9.80 Å². The van der Waals surface area contributed by atoms with E-state index < -0.39 is 0 Å². The number of aryl methyl sites for hydroxylation is 1. The lowest BCUT2D eigenvalue weighted by atomic mass is 10.0. The van der Waals surface area contributed by atoms with Crippen molar-refractivity contribution in [3.63, 3.8) is 0 Å². The zero-order chi connectivity index (χ0) is 21.8. The van der Waals surface area contributed by atoms with Crippen molar-refractivity contribution in [2.24, 2.45) is 7.05 Å². The van der Waals surface area contributed by atoms with Crippen molar-refractivity contribution in [1.29, 1.82) is 0 Å². The maximum absolute atomic E-state index is 12.9. The summed E-state index contributed by atoms with van der Waals surface area (Å²) in [5.74, 6) is 1.27. The third kappa shape index (κ3) is 4.46. The Kier molecular flexibility index (Phi) is 6.61. The molecule has 2 aromatic carbocycles. The van der Waals surface area contributed by atoms with Crippen molar-refractivity contribution in [3.8, 4) is 11.4 Å². The summed E-state index contributed by atoms with van der Waals surface area (Å²) in [5, 5.41) is 9.47. The molecule has 7 heteroatoms. The third-order valence-corrected chi connectivity index (χ3v) is 6.83. The van der Waals surface area contributed by atoms with Gasteiger partial charge in [-0.2, -0.15) is 0 Å². The highest BCUT2D eigenvalue weighted by Crippen LogP contribution is 2.29. The number of thioether (sulfide) groups is 1. The van der Waals surface area contributed by atoms with Gasteiger partial charge in [0.05, 0.1) is 5.75 Å². The van der Waals surface area contributed by atoms with Crippen LogP contribution in [0.4, 0.5) is 11.4 Å². The number of nitrogens with zero attached hydrogens (tertiary/aromatic N) is 5. The van der Waals surface area contributed by atoms with Crippen LogP contribution in [0.5, 0.6) is 0 Å². The molecule has 31 heavy (non-hydrogen) atoms. The molecule has 0 spiro atoms. The summed E-state index contributed by atoms with van der Waals surface area (Å²) >= 11 is 1.44. The van der Waals surface area contributed by atoms with Gasteiger partial charge in [0.2, 0.25) is 5.91 Å². The van der Waals surface area contributed by atoms with Crippen LogP contribution in [0.25, 0.3) is 11.4 Å². The Balaban J connectivity index is 1.44. The fraction of sp³-hybridized carbons (Fsp3) is 0.375. The fourth-order valence-corrected chi connectivity index (χ4v) is 4.89. The van der Waals surface area contributed by atoms with Crippen LogP contribution in [-0.2, 0) is 18.3 Å². The number of carbonyl (C=O) groups excluding carboxylic acids is 1. The number of hydrogen-bond donors (Lipinski definition) is 0. The van der Waals surface area contributed by atoms with E-state index in [1.165, 1.54) is 23.0 Å². The molecule has 4 rings (SSSR count). The molecule has 0 N–H and O–H groups in total. The molecule has 0 saturated carbocycles. The summed E-state index contributed by atoms with van der Waals surface area (Å²) in [6.07, 6.45) is 2.04. The summed E-state index contributed by atoms with van der Waals surface area (Å²) < 4.78 is 1.97. The Labute approximate surface area is 188 Å². The molecule has 2 heterocycles. The van der Waals surface area contributed by atoms with Gasteiger partial charge in [0.1, 0.15) is 0 Å². The van der Waals surface area contributed by atoms with Gasteiger partial charge in [-0.1, -0.05) is 30.0 Å². The Hall–Kier alpha value is -2.80. The minimum absolute atomic E-state index is 0.116. The molecule has 1 amide bonds. The first kappa shape index (κ1) is 21.4. The minimum atomic E-state index is 0.116. The minimum Gasteiger partial charge on any atom is -0.372 e. The molecule has 0 bridgehead atoms. The van der Waals surface area contributed by atoms with E-state index in [0.717, 1.165) is 54.7 Å². The van der Waals surface area contributed by atoms with Gasteiger partial charge in [0.15, 0.2) is 11.0 Å². The van der Waals surface area contributed by atoms with E-state index in [4.69, 9.17) is 0 Å². The van der Waals surface area contributed by atoms with Crippen LogP contribution >= 0.6 is 11.8 Å². The summed E-state index contributed by atoms with van der Waals surface area (Å²) in [6, 6.07) is 16.6. The number of aromatic nitrogens is 3. The molecule has 1 aliphatic heterocycles. The number of rotatable bonds is 7. The van der Waals surface area contributed by atoms with Crippen molar-refractivity contribution < 1.29 is 4.79 Å². The van der Waals surface area contributed by atoms with Gasteiger partial charge in [-0.15, -0.1) is 10.2 Å².